The Morgan fingerprint density at radius 1 is 1.37 bits per heavy atom. The molecule has 0 saturated carbocycles. The van der Waals surface area contributed by atoms with Gasteiger partial charge in [-0.25, -0.2) is 9.71 Å². The van der Waals surface area contributed by atoms with Crippen LogP contribution in [0.2, 0.25) is 0 Å². The maximum absolute atomic E-state index is 11.5. The number of benzene rings is 1. The summed E-state index contributed by atoms with van der Waals surface area (Å²) < 4.78 is 32.1. The Bertz CT molecular complexity index is 677. The van der Waals surface area contributed by atoms with Crippen LogP contribution in [0, 0.1) is 6.92 Å². The molecule has 0 aliphatic rings. The van der Waals surface area contributed by atoms with Crippen molar-refractivity contribution in [3.63, 3.8) is 0 Å². The predicted octanol–water partition coefficient (Wildman–Crippen LogP) is 1.07. The number of hydrogen-bond donors (Lipinski definition) is 1. The SMILES string of the molecule is Cc1nc2cc(CCNS(=O)(=O)N(C)C)ccc2o1. The first kappa shape index (κ1) is 14.0. The first-order valence-corrected chi connectivity index (χ1v) is 7.36. The Morgan fingerprint density at radius 2 is 2.11 bits per heavy atom. The summed E-state index contributed by atoms with van der Waals surface area (Å²) in [6, 6.07) is 5.68. The number of nitrogens with one attached hydrogen (secondary N) is 1. The summed E-state index contributed by atoms with van der Waals surface area (Å²) in [4.78, 5) is 4.25. The van der Waals surface area contributed by atoms with E-state index in [2.05, 4.69) is 9.71 Å². The number of aryl methyl sites for hydroxylation is 1. The van der Waals surface area contributed by atoms with E-state index in [1.165, 1.54) is 14.1 Å². The molecule has 0 radical (unpaired) electrons. The maximum atomic E-state index is 11.5. The van der Waals surface area contributed by atoms with Gasteiger partial charge in [-0.05, 0) is 24.1 Å². The molecule has 2 aromatic rings. The molecule has 19 heavy (non-hydrogen) atoms. The minimum Gasteiger partial charge on any atom is -0.441 e. The second-order valence-corrected chi connectivity index (χ2v) is 6.44. The van der Waals surface area contributed by atoms with Crippen LogP contribution in [0.25, 0.3) is 11.1 Å². The first-order chi connectivity index (χ1) is 8.88. The van der Waals surface area contributed by atoms with E-state index in [4.69, 9.17) is 4.42 Å². The van der Waals surface area contributed by atoms with Crippen molar-refractivity contribution < 1.29 is 12.8 Å². The minimum atomic E-state index is -3.36. The lowest BCUT2D eigenvalue weighted by atomic mass is 10.1. The number of oxazole rings is 1. The van der Waals surface area contributed by atoms with Crippen molar-refractivity contribution in [1.82, 2.24) is 14.0 Å². The van der Waals surface area contributed by atoms with Crippen molar-refractivity contribution in [2.24, 2.45) is 0 Å². The summed E-state index contributed by atoms with van der Waals surface area (Å²) in [6.45, 7) is 2.15. The van der Waals surface area contributed by atoms with Gasteiger partial charge in [-0.3, -0.25) is 0 Å². The Morgan fingerprint density at radius 3 is 2.79 bits per heavy atom. The molecule has 0 bridgehead atoms. The quantitative estimate of drug-likeness (QED) is 0.890. The minimum absolute atomic E-state index is 0.350. The van der Waals surface area contributed by atoms with Gasteiger partial charge in [0.2, 0.25) is 0 Å². The first-order valence-electron chi connectivity index (χ1n) is 5.92. The highest BCUT2D eigenvalue weighted by molar-refractivity contribution is 7.87. The molecular formula is C12H17N3O3S. The molecule has 0 amide bonds. The summed E-state index contributed by atoms with van der Waals surface area (Å²) in [6.07, 6.45) is 0.606. The number of nitrogens with zero attached hydrogens (tertiary/aromatic N) is 2. The molecule has 0 aliphatic carbocycles. The van der Waals surface area contributed by atoms with E-state index in [-0.39, 0.29) is 0 Å². The topological polar surface area (TPSA) is 75.4 Å². The van der Waals surface area contributed by atoms with E-state index >= 15 is 0 Å². The van der Waals surface area contributed by atoms with Gasteiger partial charge in [-0.1, -0.05) is 6.07 Å². The summed E-state index contributed by atoms with van der Waals surface area (Å²) in [5, 5.41) is 0. The average Bonchev–Trinajstić information content (AvgIpc) is 2.68. The fourth-order valence-corrected chi connectivity index (χ4v) is 2.32. The summed E-state index contributed by atoms with van der Waals surface area (Å²) in [5.74, 6) is 0.625. The van der Waals surface area contributed by atoms with Crippen molar-refractivity contribution in [1.29, 1.82) is 0 Å². The predicted molar refractivity (Wildman–Crippen MR) is 73.1 cm³/mol. The van der Waals surface area contributed by atoms with Gasteiger partial charge in [0, 0.05) is 27.6 Å². The van der Waals surface area contributed by atoms with Crippen molar-refractivity contribution in [2.45, 2.75) is 13.3 Å². The van der Waals surface area contributed by atoms with Crippen LogP contribution in [-0.4, -0.2) is 38.3 Å². The zero-order valence-corrected chi connectivity index (χ0v) is 12.0. The van der Waals surface area contributed by atoms with Crippen molar-refractivity contribution in [2.75, 3.05) is 20.6 Å². The lowest BCUT2D eigenvalue weighted by molar-refractivity contribution is 0.506. The van der Waals surface area contributed by atoms with Crippen LogP contribution in [0.3, 0.4) is 0 Å². The van der Waals surface area contributed by atoms with Gasteiger partial charge in [-0.2, -0.15) is 12.7 Å². The molecule has 0 atom stereocenters. The smallest absolute Gasteiger partial charge is 0.278 e. The molecule has 2 rings (SSSR count). The van der Waals surface area contributed by atoms with E-state index in [0.29, 0.717) is 18.9 Å². The Labute approximate surface area is 112 Å². The molecule has 1 aromatic carbocycles. The molecule has 7 heteroatoms. The Hall–Kier alpha value is -1.44. The molecule has 6 nitrogen and oxygen atoms in total. The molecule has 104 valence electrons. The third kappa shape index (κ3) is 3.31. The second kappa shape index (κ2) is 5.28. The van der Waals surface area contributed by atoms with Gasteiger partial charge in [0.05, 0.1) is 0 Å². The second-order valence-electron chi connectivity index (χ2n) is 4.47. The molecular weight excluding hydrogens is 266 g/mol. The monoisotopic (exact) mass is 283 g/mol. The highest BCUT2D eigenvalue weighted by atomic mass is 32.2. The van der Waals surface area contributed by atoms with Gasteiger partial charge in [0.1, 0.15) is 5.52 Å². The van der Waals surface area contributed by atoms with Gasteiger partial charge >= 0.3 is 0 Å². The largest absolute Gasteiger partial charge is 0.441 e. The zero-order valence-electron chi connectivity index (χ0n) is 11.2. The van der Waals surface area contributed by atoms with Gasteiger partial charge in [0.25, 0.3) is 10.2 Å². The number of hydrogen-bond acceptors (Lipinski definition) is 4. The fourth-order valence-electron chi connectivity index (χ4n) is 1.70. The van der Waals surface area contributed by atoms with Crippen LogP contribution in [0.5, 0.6) is 0 Å². The zero-order chi connectivity index (χ0) is 14.0. The van der Waals surface area contributed by atoms with Gasteiger partial charge in [-0.15, -0.1) is 0 Å². The molecule has 0 spiro atoms. The molecule has 0 saturated heterocycles. The third-order valence-corrected chi connectivity index (χ3v) is 4.27. The highest BCUT2D eigenvalue weighted by Crippen LogP contribution is 2.16. The molecule has 0 unspecified atom stereocenters. The molecule has 1 heterocycles. The summed E-state index contributed by atoms with van der Waals surface area (Å²) >= 11 is 0. The van der Waals surface area contributed by atoms with Crippen molar-refractivity contribution in [3.05, 3.63) is 29.7 Å². The van der Waals surface area contributed by atoms with Crippen LogP contribution >= 0.6 is 0 Å². The fraction of sp³-hybridized carbons (Fsp3) is 0.417. The van der Waals surface area contributed by atoms with E-state index in [1.54, 1.807) is 6.92 Å². The standard InChI is InChI=1S/C12H17N3O3S/c1-9-14-11-8-10(4-5-12(11)18-9)6-7-13-19(16,17)15(2)3/h4-5,8,13H,6-7H2,1-3H3. The maximum Gasteiger partial charge on any atom is 0.278 e. The number of rotatable bonds is 5. The van der Waals surface area contributed by atoms with Crippen LogP contribution in [0.15, 0.2) is 22.6 Å². The van der Waals surface area contributed by atoms with Gasteiger partial charge in [0.15, 0.2) is 11.5 Å². The molecule has 1 N–H and O–H groups in total. The average molecular weight is 283 g/mol. The molecule has 0 fully saturated rings. The van der Waals surface area contributed by atoms with Crippen LogP contribution in [-0.2, 0) is 16.6 Å². The lowest BCUT2D eigenvalue weighted by Gasteiger charge is -2.12. The third-order valence-electron chi connectivity index (χ3n) is 2.74. The normalized spacial score (nSPS) is 12.4. The van der Waals surface area contributed by atoms with E-state index in [1.807, 2.05) is 18.2 Å². The molecule has 0 aliphatic heterocycles. The van der Waals surface area contributed by atoms with E-state index in [0.717, 1.165) is 21.0 Å². The Balaban J connectivity index is 2.02. The Kier molecular flexibility index (Phi) is 3.88. The van der Waals surface area contributed by atoms with Gasteiger partial charge < -0.3 is 4.42 Å². The van der Waals surface area contributed by atoms with Crippen molar-refractivity contribution >= 4 is 21.3 Å². The van der Waals surface area contributed by atoms with Crippen LogP contribution in [0.4, 0.5) is 0 Å². The van der Waals surface area contributed by atoms with Crippen LogP contribution in [0.1, 0.15) is 11.5 Å². The van der Waals surface area contributed by atoms with E-state index in [9.17, 15) is 8.42 Å². The summed E-state index contributed by atoms with van der Waals surface area (Å²) in [7, 11) is -0.372. The van der Waals surface area contributed by atoms with E-state index < -0.39 is 10.2 Å². The number of fused-ring (bicyclic) bond motifs is 1. The highest BCUT2D eigenvalue weighted by Gasteiger charge is 2.11. The number of aromatic nitrogens is 1. The van der Waals surface area contributed by atoms with Crippen LogP contribution < -0.4 is 4.72 Å². The lowest BCUT2D eigenvalue weighted by Crippen LogP contribution is -2.36. The van der Waals surface area contributed by atoms with Crippen molar-refractivity contribution in [3.8, 4) is 0 Å². The summed E-state index contributed by atoms with van der Waals surface area (Å²) in [5.41, 5.74) is 2.56. The molecule has 1 aromatic heterocycles.